The summed E-state index contributed by atoms with van der Waals surface area (Å²) in [5.41, 5.74) is 3.24. The van der Waals surface area contributed by atoms with Crippen LogP contribution in [0.25, 0.3) is 11.0 Å². The Kier molecular flexibility index (Phi) is 4.31. The lowest BCUT2D eigenvalue weighted by atomic mass is 10.0. The van der Waals surface area contributed by atoms with Crippen LogP contribution in [0.15, 0.2) is 28.9 Å². The number of fused-ring (bicyclic) bond motifs is 1. The summed E-state index contributed by atoms with van der Waals surface area (Å²) in [6.45, 7) is 10.4. The zero-order valence-electron chi connectivity index (χ0n) is 18.5. The molecule has 1 unspecified atom stereocenters. The number of rotatable bonds is 5. The predicted molar refractivity (Wildman–Crippen MR) is 116 cm³/mol. The van der Waals surface area contributed by atoms with E-state index in [2.05, 4.69) is 27.7 Å². The van der Waals surface area contributed by atoms with Gasteiger partial charge in [0.15, 0.2) is 5.65 Å². The largest absolute Gasteiger partial charge is 0.467 e. The van der Waals surface area contributed by atoms with Crippen molar-refractivity contribution in [3.63, 3.8) is 0 Å². The fourth-order valence-electron chi connectivity index (χ4n) is 4.35. The van der Waals surface area contributed by atoms with Gasteiger partial charge in [-0.15, -0.1) is 0 Å². The van der Waals surface area contributed by atoms with Crippen LogP contribution in [0.4, 0.5) is 0 Å². The number of furan rings is 1. The number of hydrogen-bond acceptors (Lipinski definition) is 4. The first kappa shape index (κ1) is 19.3. The van der Waals surface area contributed by atoms with Crippen LogP contribution in [-0.2, 0) is 5.54 Å². The van der Waals surface area contributed by atoms with Crippen molar-refractivity contribution in [3.05, 3.63) is 47.2 Å². The lowest BCUT2D eigenvalue weighted by Crippen LogP contribution is -2.35. The standard InChI is InChI=1S/C24H30N4O2/c1-14-21-18(23(29)27(17-10-11-17)15(2)20-7-6-12-30-20)13-19(16-8-9-16)25-22(21)28(26-14)24(3,4)5/h6-7,12-13,15-17H,8-11H2,1-5H3. The second kappa shape index (κ2) is 6.69. The van der Waals surface area contributed by atoms with E-state index in [-0.39, 0.29) is 23.5 Å². The van der Waals surface area contributed by atoms with Crippen LogP contribution in [0.2, 0.25) is 0 Å². The molecule has 1 atom stereocenters. The van der Waals surface area contributed by atoms with Crippen LogP contribution in [0.3, 0.4) is 0 Å². The first-order valence-electron chi connectivity index (χ1n) is 11.0. The summed E-state index contributed by atoms with van der Waals surface area (Å²) >= 11 is 0. The summed E-state index contributed by atoms with van der Waals surface area (Å²) in [7, 11) is 0. The van der Waals surface area contributed by atoms with E-state index in [1.165, 1.54) is 0 Å². The Morgan fingerprint density at radius 3 is 2.57 bits per heavy atom. The van der Waals surface area contributed by atoms with Gasteiger partial charge in [0.05, 0.1) is 34.5 Å². The lowest BCUT2D eigenvalue weighted by Gasteiger charge is -2.28. The number of aryl methyl sites for hydroxylation is 1. The minimum atomic E-state index is -0.209. The van der Waals surface area contributed by atoms with Gasteiger partial charge in [-0.05, 0) is 78.5 Å². The molecule has 2 aliphatic carbocycles. The molecule has 0 radical (unpaired) electrons. The van der Waals surface area contributed by atoms with E-state index >= 15 is 0 Å². The van der Waals surface area contributed by atoms with E-state index in [9.17, 15) is 4.79 Å². The molecule has 0 aromatic carbocycles. The first-order chi connectivity index (χ1) is 14.3. The van der Waals surface area contributed by atoms with E-state index in [4.69, 9.17) is 14.5 Å². The number of hydrogen-bond donors (Lipinski definition) is 0. The van der Waals surface area contributed by atoms with Gasteiger partial charge in [-0.1, -0.05) is 0 Å². The fraction of sp³-hybridized carbons (Fsp3) is 0.542. The second-order valence-corrected chi connectivity index (χ2v) is 9.87. The van der Waals surface area contributed by atoms with Gasteiger partial charge >= 0.3 is 0 Å². The average molecular weight is 407 g/mol. The van der Waals surface area contributed by atoms with Crippen molar-refractivity contribution in [1.82, 2.24) is 19.7 Å². The van der Waals surface area contributed by atoms with Gasteiger partial charge in [-0.3, -0.25) is 4.79 Å². The van der Waals surface area contributed by atoms with Crippen LogP contribution in [-0.4, -0.2) is 31.6 Å². The second-order valence-electron chi connectivity index (χ2n) is 9.87. The lowest BCUT2D eigenvalue weighted by molar-refractivity contribution is 0.0654. The zero-order chi connectivity index (χ0) is 21.2. The molecule has 30 heavy (non-hydrogen) atoms. The molecule has 0 saturated heterocycles. The molecule has 0 aliphatic heterocycles. The molecule has 3 heterocycles. The van der Waals surface area contributed by atoms with Crippen LogP contribution >= 0.6 is 0 Å². The maximum Gasteiger partial charge on any atom is 0.255 e. The van der Waals surface area contributed by atoms with Crippen molar-refractivity contribution in [2.24, 2.45) is 0 Å². The van der Waals surface area contributed by atoms with E-state index in [1.807, 2.05) is 34.7 Å². The minimum absolute atomic E-state index is 0.0623. The molecular weight excluding hydrogens is 376 g/mol. The Morgan fingerprint density at radius 2 is 2.00 bits per heavy atom. The van der Waals surface area contributed by atoms with Crippen molar-refractivity contribution in [1.29, 1.82) is 0 Å². The van der Waals surface area contributed by atoms with Crippen molar-refractivity contribution in [2.75, 3.05) is 0 Å². The molecule has 0 bridgehead atoms. The number of pyridine rings is 1. The summed E-state index contributed by atoms with van der Waals surface area (Å²) in [5.74, 6) is 1.35. The Bertz CT molecular complexity index is 1100. The zero-order valence-corrected chi connectivity index (χ0v) is 18.5. The minimum Gasteiger partial charge on any atom is -0.467 e. The molecule has 2 aliphatic rings. The molecule has 2 fully saturated rings. The highest BCUT2D eigenvalue weighted by atomic mass is 16.3. The molecule has 3 aromatic rings. The first-order valence-corrected chi connectivity index (χ1v) is 11.0. The average Bonchev–Trinajstić information content (AvgIpc) is 3.62. The molecule has 1 amide bonds. The van der Waals surface area contributed by atoms with Crippen molar-refractivity contribution >= 4 is 16.9 Å². The molecule has 3 aromatic heterocycles. The van der Waals surface area contributed by atoms with Crippen molar-refractivity contribution in [3.8, 4) is 0 Å². The van der Waals surface area contributed by atoms with Crippen LogP contribution in [0.1, 0.15) is 92.8 Å². The molecule has 0 N–H and O–H groups in total. The highest BCUT2D eigenvalue weighted by Crippen LogP contribution is 2.42. The van der Waals surface area contributed by atoms with Crippen molar-refractivity contribution in [2.45, 2.75) is 83.8 Å². The van der Waals surface area contributed by atoms with Gasteiger partial charge < -0.3 is 9.32 Å². The third-order valence-corrected chi connectivity index (χ3v) is 6.24. The molecule has 6 heteroatoms. The summed E-state index contributed by atoms with van der Waals surface area (Å²) in [4.78, 5) is 21.0. The summed E-state index contributed by atoms with van der Waals surface area (Å²) in [5, 5.41) is 5.69. The highest BCUT2D eigenvalue weighted by molar-refractivity contribution is 6.07. The Balaban J connectivity index is 1.67. The van der Waals surface area contributed by atoms with E-state index in [0.29, 0.717) is 5.92 Å². The summed E-state index contributed by atoms with van der Waals surface area (Å²) < 4.78 is 7.63. The summed E-state index contributed by atoms with van der Waals surface area (Å²) in [6, 6.07) is 6.03. The SMILES string of the molecule is Cc1nn(C(C)(C)C)c2nc(C3CC3)cc(C(=O)N(C3CC3)C(C)c3ccco3)c12. The molecular formula is C24H30N4O2. The van der Waals surface area contributed by atoms with E-state index in [0.717, 1.165) is 59.4 Å². The normalized spacial score (nSPS) is 18.0. The number of nitrogens with zero attached hydrogens (tertiary/aromatic N) is 4. The fourth-order valence-corrected chi connectivity index (χ4v) is 4.35. The monoisotopic (exact) mass is 406 g/mol. The molecule has 2 saturated carbocycles. The van der Waals surface area contributed by atoms with E-state index in [1.54, 1.807) is 6.26 Å². The third-order valence-electron chi connectivity index (χ3n) is 6.24. The maximum absolute atomic E-state index is 14.0. The van der Waals surface area contributed by atoms with Gasteiger partial charge in [0.25, 0.3) is 5.91 Å². The molecule has 6 nitrogen and oxygen atoms in total. The summed E-state index contributed by atoms with van der Waals surface area (Å²) in [6.07, 6.45) is 6.05. The van der Waals surface area contributed by atoms with Gasteiger partial charge in [0, 0.05) is 17.7 Å². The van der Waals surface area contributed by atoms with Gasteiger partial charge in [0.2, 0.25) is 0 Å². The smallest absolute Gasteiger partial charge is 0.255 e. The molecule has 5 rings (SSSR count). The Labute approximate surface area is 177 Å². The number of amides is 1. The third kappa shape index (κ3) is 3.22. The van der Waals surface area contributed by atoms with Crippen LogP contribution in [0, 0.1) is 6.92 Å². The predicted octanol–water partition coefficient (Wildman–Crippen LogP) is 5.33. The Morgan fingerprint density at radius 1 is 1.27 bits per heavy atom. The van der Waals surface area contributed by atoms with Gasteiger partial charge in [-0.25, -0.2) is 9.67 Å². The number of aromatic nitrogens is 3. The molecule has 0 spiro atoms. The quantitative estimate of drug-likeness (QED) is 0.574. The van der Waals surface area contributed by atoms with Crippen LogP contribution in [0.5, 0.6) is 0 Å². The van der Waals surface area contributed by atoms with E-state index < -0.39 is 0 Å². The molecule has 158 valence electrons. The Hall–Kier alpha value is -2.63. The highest BCUT2D eigenvalue weighted by Gasteiger charge is 2.39. The topological polar surface area (TPSA) is 64.2 Å². The maximum atomic E-state index is 14.0. The van der Waals surface area contributed by atoms with Crippen LogP contribution < -0.4 is 0 Å². The van der Waals surface area contributed by atoms with Gasteiger partial charge in [0.1, 0.15) is 5.76 Å². The van der Waals surface area contributed by atoms with Crippen molar-refractivity contribution < 1.29 is 9.21 Å². The number of carbonyl (C=O) groups is 1. The van der Waals surface area contributed by atoms with Gasteiger partial charge in [-0.2, -0.15) is 5.10 Å². The number of carbonyl (C=O) groups excluding carboxylic acids is 1.